The number of carbonyl (C=O) groups excluding carboxylic acids is 1. The molecule has 1 aromatic carbocycles. The molecule has 8 heteroatoms. The molecular formula is C12H12Cl2N2O4. The van der Waals surface area contributed by atoms with Crippen LogP contribution in [-0.4, -0.2) is 30.6 Å². The first kappa shape index (κ1) is 14.9. The van der Waals surface area contributed by atoms with Gasteiger partial charge in [-0.15, -0.1) is 0 Å². The molecule has 1 fully saturated rings. The van der Waals surface area contributed by atoms with Gasteiger partial charge < -0.3 is 9.64 Å². The Morgan fingerprint density at radius 3 is 2.55 bits per heavy atom. The first-order chi connectivity index (χ1) is 9.45. The number of nitro benzene ring substituents is 1. The number of benzene rings is 1. The Kier molecular flexibility index (Phi) is 4.35. The van der Waals surface area contributed by atoms with Crippen LogP contribution in [0.5, 0.6) is 0 Å². The molecule has 0 aromatic heterocycles. The molecule has 0 radical (unpaired) electrons. The predicted molar refractivity (Wildman–Crippen MR) is 75.5 cm³/mol. The second-order valence-corrected chi connectivity index (χ2v) is 5.20. The van der Waals surface area contributed by atoms with Crippen molar-refractivity contribution in [3.63, 3.8) is 0 Å². The number of ether oxygens (including phenoxy) is 1. The molecule has 20 heavy (non-hydrogen) atoms. The largest absolute Gasteiger partial charge is 0.467 e. The van der Waals surface area contributed by atoms with Gasteiger partial charge in [0.25, 0.3) is 5.69 Å². The number of carbonyl (C=O) groups is 1. The second kappa shape index (κ2) is 5.85. The lowest BCUT2D eigenvalue weighted by Crippen LogP contribution is -2.37. The maximum atomic E-state index is 11.7. The molecule has 1 atom stereocenters. The number of nitro groups is 1. The third-order valence-corrected chi connectivity index (χ3v) is 3.80. The molecule has 0 N–H and O–H groups in total. The number of non-ortho nitro benzene ring substituents is 1. The van der Waals surface area contributed by atoms with Gasteiger partial charge in [-0.1, -0.05) is 23.2 Å². The Bertz CT molecular complexity index is 541. The van der Waals surface area contributed by atoms with Gasteiger partial charge in [0.15, 0.2) is 0 Å². The highest BCUT2D eigenvalue weighted by atomic mass is 35.5. The lowest BCUT2D eigenvalue weighted by molar-refractivity contribution is -0.384. The van der Waals surface area contributed by atoms with Gasteiger partial charge in [-0.05, 0) is 12.8 Å². The smallest absolute Gasteiger partial charge is 0.328 e. The summed E-state index contributed by atoms with van der Waals surface area (Å²) in [7, 11) is 1.32. The number of nitrogens with zero attached hydrogens (tertiary/aromatic N) is 2. The molecule has 0 aliphatic carbocycles. The molecule has 6 nitrogen and oxygen atoms in total. The summed E-state index contributed by atoms with van der Waals surface area (Å²) in [5.41, 5.74) is 0.254. The van der Waals surface area contributed by atoms with Crippen molar-refractivity contribution in [2.45, 2.75) is 18.9 Å². The van der Waals surface area contributed by atoms with E-state index >= 15 is 0 Å². The molecule has 0 saturated carbocycles. The highest BCUT2D eigenvalue weighted by Gasteiger charge is 2.34. The molecule has 1 unspecified atom stereocenters. The van der Waals surface area contributed by atoms with Crippen molar-refractivity contribution in [2.24, 2.45) is 0 Å². The molecule has 2 rings (SSSR count). The number of esters is 1. The Labute approximate surface area is 125 Å². The molecular weight excluding hydrogens is 307 g/mol. The van der Waals surface area contributed by atoms with E-state index in [-0.39, 0.29) is 21.7 Å². The highest BCUT2D eigenvalue weighted by molar-refractivity contribution is 6.39. The summed E-state index contributed by atoms with van der Waals surface area (Å²) in [5.74, 6) is -0.368. The predicted octanol–water partition coefficient (Wildman–Crippen LogP) is 3.04. The lowest BCUT2D eigenvalue weighted by atomic mass is 10.2. The fraction of sp³-hybridized carbons (Fsp3) is 0.417. The van der Waals surface area contributed by atoms with Crippen LogP contribution in [0.15, 0.2) is 12.1 Å². The molecule has 108 valence electrons. The zero-order valence-electron chi connectivity index (χ0n) is 10.6. The molecule has 1 aliphatic rings. The van der Waals surface area contributed by atoms with Crippen molar-refractivity contribution in [1.82, 2.24) is 0 Å². The maximum Gasteiger partial charge on any atom is 0.328 e. The van der Waals surface area contributed by atoms with E-state index in [0.717, 1.165) is 6.42 Å². The third-order valence-electron chi connectivity index (χ3n) is 3.23. The first-order valence-electron chi connectivity index (χ1n) is 5.93. The van der Waals surface area contributed by atoms with E-state index in [0.29, 0.717) is 18.7 Å². The fourth-order valence-corrected chi connectivity index (χ4v) is 3.04. The van der Waals surface area contributed by atoms with Crippen LogP contribution in [0, 0.1) is 10.1 Å². The minimum absolute atomic E-state index is 0.153. The number of hydrogen-bond donors (Lipinski definition) is 0. The number of halogens is 2. The van der Waals surface area contributed by atoms with E-state index in [1.165, 1.54) is 19.2 Å². The van der Waals surface area contributed by atoms with Crippen LogP contribution in [0.1, 0.15) is 12.8 Å². The average molecular weight is 319 g/mol. The zero-order chi connectivity index (χ0) is 14.9. The van der Waals surface area contributed by atoms with Gasteiger partial charge in [-0.25, -0.2) is 4.79 Å². The summed E-state index contributed by atoms with van der Waals surface area (Å²) in [6.45, 7) is 0.594. The van der Waals surface area contributed by atoms with E-state index in [1.807, 2.05) is 0 Å². The topological polar surface area (TPSA) is 72.7 Å². The van der Waals surface area contributed by atoms with E-state index in [2.05, 4.69) is 0 Å². The van der Waals surface area contributed by atoms with E-state index < -0.39 is 11.0 Å². The molecule has 0 bridgehead atoms. The summed E-state index contributed by atoms with van der Waals surface area (Å²) in [4.78, 5) is 23.7. The quantitative estimate of drug-likeness (QED) is 0.486. The normalized spacial score (nSPS) is 18.1. The van der Waals surface area contributed by atoms with Crippen molar-refractivity contribution in [3.05, 3.63) is 32.3 Å². The van der Waals surface area contributed by atoms with Crippen molar-refractivity contribution >= 4 is 40.5 Å². The van der Waals surface area contributed by atoms with Crippen LogP contribution >= 0.6 is 23.2 Å². The molecule has 1 saturated heterocycles. The molecule has 1 heterocycles. The van der Waals surface area contributed by atoms with Crippen molar-refractivity contribution < 1.29 is 14.5 Å². The highest BCUT2D eigenvalue weighted by Crippen LogP contribution is 2.40. The van der Waals surface area contributed by atoms with Crippen molar-refractivity contribution in [2.75, 3.05) is 18.6 Å². The Hall–Kier alpha value is -1.53. The van der Waals surface area contributed by atoms with Gasteiger partial charge in [-0.3, -0.25) is 10.1 Å². The molecule has 0 amide bonds. The van der Waals surface area contributed by atoms with Gasteiger partial charge in [0.1, 0.15) is 6.04 Å². The Morgan fingerprint density at radius 1 is 1.45 bits per heavy atom. The van der Waals surface area contributed by atoms with Crippen LogP contribution in [-0.2, 0) is 9.53 Å². The van der Waals surface area contributed by atoms with E-state index in [4.69, 9.17) is 27.9 Å². The SMILES string of the molecule is COC(=O)C1CCCN1c1c(Cl)cc([N+](=O)[O-])cc1Cl. The van der Waals surface area contributed by atoms with Crippen LogP contribution < -0.4 is 4.90 Å². The summed E-state index contributed by atoms with van der Waals surface area (Å²) >= 11 is 12.2. The van der Waals surface area contributed by atoms with Crippen molar-refractivity contribution in [1.29, 1.82) is 0 Å². The summed E-state index contributed by atoms with van der Waals surface area (Å²) in [6, 6.07) is 2.00. The summed E-state index contributed by atoms with van der Waals surface area (Å²) < 4.78 is 4.75. The monoisotopic (exact) mass is 318 g/mol. The van der Waals surface area contributed by atoms with Crippen LogP contribution in [0.4, 0.5) is 11.4 Å². The number of methoxy groups -OCH3 is 1. The molecule has 1 aliphatic heterocycles. The van der Waals surface area contributed by atoms with Gasteiger partial charge in [0.05, 0.1) is 27.8 Å². The second-order valence-electron chi connectivity index (χ2n) is 4.39. The molecule has 1 aromatic rings. The lowest BCUT2D eigenvalue weighted by Gasteiger charge is -2.26. The van der Waals surface area contributed by atoms with Gasteiger partial charge in [0.2, 0.25) is 0 Å². The number of rotatable bonds is 3. The van der Waals surface area contributed by atoms with Crippen LogP contribution in [0.25, 0.3) is 0 Å². The Morgan fingerprint density at radius 2 is 2.05 bits per heavy atom. The van der Waals surface area contributed by atoms with Gasteiger partial charge in [0, 0.05) is 18.7 Å². The summed E-state index contributed by atoms with van der Waals surface area (Å²) in [6.07, 6.45) is 1.43. The van der Waals surface area contributed by atoms with Crippen molar-refractivity contribution in [3.8, 4) is 0 Å². The zero-order valence-corrected chi connectivity index (χ0v) is 12.1. The van der Waals surface area contributed by atoms with Gasteiger partial charge >= 0.3 is 5.97 Å². The van der Waals surface area contributed by atoms with Crippen LogP contribution in [0.2, 0.25) is 10.0 Å². The van der Waals surface area contributed by atoms with Crippen LogP contribution in [0.3, 0.4) is 0 Å². The van der Waals surface area contributed by atoms with E-state index in [1.54, 1.807) is 4.90 Å². The molecule has 0 spiro atoms. The average Bonchev–Trinajstić information content (AvgIpc) is 2.85. The Balaban J connectivity index is 2.42. The third kappa shape index (κ3) is 2.66. The minimum atomic E-state index is -0.566. The summed E-state index contributed by atoms with van der Waals surface area (Å²) in [5, 5.41) is 11.1. The number of anilines is 1. The fourth-order valence-electron chi connectivity index (χ4n) is 2.35. The minimum Gasteiger partial charge on any atom is -0.467 e. The maximum absolute atomic E-state index is 11.7. The van der Waals surface area contributed by atoms with E-state index in [9.17, 15) is 14.9 Å². The van der Waals surface area contributed by atoms with Gasteiger partial charge in [-0.2, -0.15) is 0 Å². The first-order valence-corrected chi connectivity index (χ1v) is 6.69. The standard InChI is InChI=1S/C12H12Cl2N2O4/c1-20-12(17)10-3-2-4-15(10)11-8(13)5-7(16(18)19)6-9(11)14/h5-6,10H,2-4H2,1H3. The number of hydrogen-bond acceptors (Lipinski definition) is 5.